The smallest absolute Gasteiger partial charge is 0.320 e. The largest absolute Gasteiger partial charge is 0.481 e. The van der Waals surface area contributed by atoms with E-state index in [0.29, 0.717) is 11.0 Å². The van der Waals surface area contributed by atoms with Crippen LogP contribution in [-0.4, -0.2) is 59.3 Å². The highest BCUT2D eigenvalue weighted by atomic mass is 16.4. The van der Waals surface area contributed by atoms with Crippen LogP contribution in [0.3, 0.4) is 0 Å². The molecule has 1 atom stereocenters. The summed E-state index contributed by atoms with van der Waals surface area (Å²) in [6.45, 7) is 5.44. The van der Waals surface area contributed by atoms with Gasteiger partial charge in [0.05, 0.1) is 14.1 Å². The Bertz CT molecular complexity index is 613. The van der Waals surface area contributed by atoms with Crippen molar-refractivity contribution in [3.63, 3.8) is 0 Å². The van der Waals surface area contributed by atoms with Gasteiger partial charge in [-0.2, -0.15) is 0 Å². The molecule has 8 nitrogen and oxygen atoms in total. The number of carboxylic acid groups (broad SMARTS) is 2. The Morgan fingerprint density at radius 2 is 1.00 bits per heavy atom. The molecule has 0 rings (SSSR count). The Morgan fingerprint density at radius 1 is 0.625 bits per heavy atom. The SMILES string of the molecule is CCCCCCCCCCCCCCCCCCCCCC(=O)N[N+](C)(C)CCC.N[C@@H](CCC(=O)O)C(=O)O. The van der Waals surface area contributed by atoms with E-state index in [2.05, 4.69) is 33.4 Å². The fourth-order valence-electron chi connectivity index (χ4n) is 4.77. The number of nitrogens with two attached hydrogens (primary N) is 1. The first-order valence-corrected chi connectivity index (χ1v) is 16.4. The molecule has 0 saturated heterocycles. The van der Waals surface area contributed by atoms with Crippen LogP contribution >= 0.6 is 0 Å². The third-order valence-electron chi connectivity index (χ3n) is 7.20. The Labute approximate surface area is 246 Å². The average molecular weight is 573 g/mol. The average Bonchev–Trinajstić information content (AvgIpc) is 2.88. The van der Waals surface area contributed by atoms with Crippen molar-refractivity contribution in [2.45, 2.75) is 168 Å². The van der Waals surface area contributed by atoms with Crippen molar-refractivity contribution in [1.29, 1.82) is 0 Å². The van der Waals surface area contributed by atoms with Crippen molar-refractivity contribution in [2.24, 2.45) is 5.73 Å². The van der Waals surface area contributed by atoms with E-state index in [-0.39, 0.29) is 18.7 Å². The van der Waals surface area contributed by atoms with E-state index in [9.17, 15) is 14.4 Å². The second-order valence-corrected chi connectivity index (χ2v) is 11.9. The molecule has 0 radical (unpaired) electrons. The van der Waals surface area contributed by atoms with Gasteiger partial charge in [0.15, 0.2) is 0 Å². The number of hydrogen-bond acceptors (Lipinski definition) is 4. The molecule has 0 aliphatic carbocycles. The van der Waals surface area contributed by atoms with E-state index in [1.807, 2.05) is 0 Å². The van der Waals surface area contributed by atoms with Crippen LogP contribution in [0.25, 0.3) is 0 Å². The van der Waals surface area contributed by atoms with Crippen LogP contribution in [0.1, 0.15) is 162 Å². The van der Waals surface area contributed by atoms with Gasteiger partial charge in [0, 0.05) is 12.8 Å². The molecule has 5 N–H and O–H groups in total. The summed E-state index contributed by atoms with van der Waals surface area (Å²) in [6.07, 6.45) is 28.0. The van der Waals surface area contributed by atoms with E-state index in [0.717, 1.165) is 19.4 Å². The molecule has 0 aromatic carbocycles. The summed E-state index contributed by atoms with van der Waals surface area (Å²) >= 11 is 0. The zero-order valence-corrected chi connectivity index (χ0v) is 26.7. The maximum absolute atomic E-state index is 12.0. The van der Waals surface area contributed by atoms with Gasteiger partial charge in [-0.05, 0) is 19.3 Å². The molecule has 0 aromatic heterocycles. The molecule has 8 heteroatoms. The number of quaternary nitrogens is 1. The molecule has 0 heterocycles. The molecule has 40 heavy (non-hydrogen) atoms. The van der Waals surface area contributed by atoms with Crippen molar-refractivity contribution < 1.29 is 29.2 Å². The van der Waals surface area contributed by atoms with Crippen molar-refractivity contribution >= 4 is 17.8 Å². The first kappa shape index (κ1) is 40.5. The highest BCUT2D eigenvalue weighted by Gasteiger charge is 2.17. The molecule has 0 aliphatic heterocycles. The molecular formula is C32H66N3O5+. The zero-order chi connectivity index (χ0) is 30.5. The number of rotatable bonds is 27. The summed E-state index contributed by atoms with van der Waals surface area (Å²) in [5.74, 6) is -1.99. The lowest BCUT2D eigenvalue weighted by molar-refractivity contribution is -0.925. The predicted molar refractivity (Wildman–Crippen MR) is 166 cm³/mol. The summed E-state index contributed by atoms with van der Waals surface area (Å²) in [5.41, 5.74) is 8.12. The van der Waals surface area contributed by atoms with E-state index >= 15 is 0 Å². The van der Waals surface area contributed by atoms with Gasteiger partial charge >= 0.3 is 11.9 Å². The molecule has 0 fully saturated rings. The number of carboxylic acids is 2. The molecular weight excluding hydrogens is 506 g/mol. The molecule has 0 saturated carbocycles. The third kappa shape index (κ3) is 32.5. The molecule has 238 valence electrons. The first-order chi connectivity index (χ1) is 19.1. The summed E-state index contributed by atoms with van der Waals surface area (Å²) in [7, 11) is 4.13. The van der Waals surface area contributed by atoms with E-state index in [1.54, 1.807) is 0 Å². The monoisotopic (exact) mass is 572 g/mol. The third-order valence-corrected chi connectivity index (χ3v) is 7.20. The van der Waals surface area contributed by atoms with Crippen molar-refractivity contribution in [1.82, 2.24) is 5.43 Å². The number of amides is 1. The van der Waals surface area contributed by atoms with Crippen molar-refractivity contribution in [3.8, 4) is 0 Å². The van der Waals surface area contributed by atoms with Crippen LogP contribution in [0, 0.1) is 0 Å². The second kappa shape index (κ2) is 28.8. The summed E-state index contributed by atoms with van der Waals surface area (Å²) in [4.78, 5) is 31.9. The number of carbonyl (C=O) groups is 3. The zero-order valence-electron chi connectivity index (χ0n) is 26.7. The van der Waals surface area contributed by atoms with Gasteiger partial charge in [-0.15, -0.1) is 0 Å². The van der Waals surface area contributed by atoms with Crippen LogP contribution in [0.15, 0.2) is 0 Å². The van der Waals surface area contributed by atoms with E-state index in [1.165, 1.54) is 116 Å². The van der Waals surface area contributed by atoms with E-state index in [4.69, 9.17) is 15.9 Å². The molecule has 0 unspecified atom stereocenters. The Hall–Kier alpha value is -1.67. The second-order valence-electron chi connectivity index (χ2n) is 11.9. The minimum atomic E-state index is -1.17. The number of aliphatic carboxylic acids is 2. The topological polar surface area (TPSA) is 130 Å². The molecule has 0 aliphatic rings. The van der Waals surface area contributed by atoms with Crippen LogP contribution < -0.4 is 11.2 Å². The predicted octanol–water partition coefficient (Wildman–Crippen LogP) is 7.59. The van der Waals surface area contributed by atoms with Gasteiger partial charge < -0.3 is 15.9 Å². The normalized spacial score (nSPS) is 11.9. The Kier molecular flexibility index (Phi) is 29.2. The van der Waals surface area contributed by atoms with Crippen molar-refractivity contribution in [3.05, 3.63) is 0 Å². The highest BCUT2D eigenvalue weighted by molar-refractivity contribution is 5.75. The van der Waals surface area contributed by atoms with Gasteiger partial charge in [0.1, 0.15) is 12.6 Å². The van der Waals surface area contributed by atoms with Crippen molar-refractivity contribution in [2.75, 3.05) is 20.6 Å². The number of nitrogens with one attached hydrogen (secondary N) is 1. The van der Waals surface area contributed by atoms with Gasteiger partial charge in [-0.1, -0.05) is 129 Å². The molecule has 1 amide bonds. The van der Waals surface area contributed by atoms with Crippen LogP contribution in [0.5, 0.6) is 0 Å². The van der Waals surface area contributed by atoms with Crippen LogP contribution in [0.2, 0.25) is 0 Å². The minimum absolute atomic E-state index is 0.0231. The fourth-order valence-corrected chi connectivity index (χ4v) is 4.77. The maximum Gasteiger partial charge on any atom is 0.320 e. The standard InChI is InChI=1S/C27H56N2O.C5H9NO4/c1-5-7-8-9-10-11-12-13-14-15-16-17-18-19-20-21-22-23-24-25-27(30)28-29(3,4)26-6-2;6-3(5(9)10)1-2-4(7)8/h5-26H2,1-4H3;3H,1-2,6H2,(H,7,8)(H,9,10)/p+1/t;3-/m.0/s1. The number of unbranched alkanes of at least 4 members (excludes halogenated alkanes) is 18. The minimum Gasteiger partial charge on any atom is -0.481 e. The summed E-state index contributed by atoms with van der Waals surface area (Å²) in [5, 5.41) is 16.3. The fraction of sp³-hybridized carbons (Fsp3) is 0.906. The lowest BCUT2D eigenvalue weighted by Gasteiger charge is -2.28. The quantitative estimate of drug-likeness (QED) is 0.0456. The highest BCUT2D eigenvalue weighted by Crippen LogP contribution is 2.15. The van der Waals surface area contributed by atoms with Gasteiger partial charge in [-0.3, -0.25) is 14.4 Å². The Balaban J connectivity index is 0. The lowest BCUT2D eigenvalue weighted by Crippen LogP contribution is -2.54. The summed E-state index contributed by atoms with van der Waals surface area (Å²) < 4.78 is 0.606. The van der Waals surface area contributed by atoms with Crippen LogP contribution in [-0.2, 0) is 14.4 Å². The van der Waals surface area contributed by atoms with Crippen LogP contribution in [0.4, 0.5) is 0 Å². The Morgan fingerprint density at radius 3 is 1.32 bits per heavy atom. The number of carbonyl (C=O) groups excluding carboxylic acids is 1. The number of hydrogen-bond donors (Lipinski definition) is 4. The first-order valence-electron chi connectivity index (χ1n) is 16.4. The number of nitrogens with zero attached hydrogens (tertiary/aromatic N) is 1. The summed E-state index contributed by atoms with van der Waals surface area (Å²) in [6, 6.07) is -1.06. The molecule has 0 spiro atoms. The van der Waals surface area contributed by atoms with Gasteiger partial charge in [0.2, 0.25) is 0 Å². The maximum atomic E-state index is 12.0. The van der Waals surface area contributed by atoms with E-state index < -0.39 is 18.0 Å². The molecule has 0 aromatic rings. The lowest BCUT2D eigenvalue weighted by atomic mass is 10.0. The molecule has 0 bridgehead atoms. The van der Waals surface area contributed by atoms with Gasteiger partial charge in [-0.25, -0.2) is 10.0 Å². The van der Waals surface area contributed by atoms with Gasteiger partial charge in [0.25, 0.3) is 5.91 Å².